The van der Waals surface area contributed by atoms with Crippen molar-refractivity contribution in [3.63, 3.8) is 0 Å². The van der Waals surface area contributed by atoms with E-state index in [1.54, 1.807) is 24.3 Å². The van der Waals surface area contributed by atoms with E-state index in [9.17, 15) is 14.4 Å². The summed E-state index contributed by atoms with van der Waals surface area (Å²) in [6, 6.07) is 11.2. The number of pyridine rings is 1. The van der Waals surface area contributed by atoms with Crippen molar-refractivity contribution in [3.8, 4) is 5.88 Å². The molecule has 0 atom stereocenters. The number of amides is 2. The summed E-state index contributed by atoms with van der Waals surface area (Å²) in [5, 5.41) is 1.13. The van der Waals surface area contributed by atoms with Gasteiger partial charge in [0.25, 0.3) is 11.8 Å². The van der Waals surface area contributed by atoms with E-state index >= 15 is 0 Å². The minimum absolute atomic E-state index is 0.0623. The van der Waals surface area contributed by atoms with E-state index in [0.717, 1.165) is 0 Å². The normalized spacial score (nSPS) is 13.2. The molecule has 0 aliphatic carbocycles. The second-order valence-electron chi connectivity index (χ2n) is 5.30. The van der Waals surface area contributed by atoms with E-state index in [2.05, 4.69) is 9.97 Å². The molecule has 0 spiro atoms. The van der Waals surface area contributed by atoms with E-state index in [4.69, 9.17) is 9.57 Å². The van der Waals surface area contributed by atoms with Crippen molar-refractivity contribution in [3.05, 3.63) is 59.3 Å². The van der Waals surface area contributed by atoms with Gasteiger partial charge >= 0.3 is 5.97 Å². The quantitative estimate of drug-likeness (QED) is 0.733. The van der Waals surface area contributed by atoms with E-state index in [0.29, 0.717) is 22.0 Å². The maximum Gasteiger partial charge on any atom is 0.380 e. The molecule has 0 saturated heterocycles. The van der Waals surface area contributed by atoms with Gasteiger partial charge in [-0.15, -0.1) is 0 Å². The Kier molecular flexibility index (Phi) is 3.24. The first kappa shape index (κ1) is 14.9. The van der Waals surface area contributed by atoms with Crippen molar-refractivity contribution in [1.29, 1.82) is 0 Å². The first-order valence-corrected chi connectivity index (χ1v) is 7.32. The summed E-state index contributed by atoms with van der Waals surface area (Å²) < 4.78 is 5.02. The molecule has 3 aromatic rings. The number of aromatic amines is 1. The van der Waals surface area contributed by atoms with Gasteiger partial charge in [-0.3, -0.25) is 9.59 Å². The largest absolute Gasteiger partial charge is 0.481 e. The molecule has 1 aromatic carbocycles. The monoisotopic (exact) mass is 337 g/mol. The second-order valence-corrected chi connectivity index (χ2v) is 5.30. The molecule has 124 valence electrons. The zero-order valence-corrected chi connectivity index (χ0v) is 13.0. The number of methoxy groups -OCH3 is 1. The number of carbonyl (C=O) groups is 3. The zero-order valence-electron chi connectivity index (χ0n) is 13.0. The summed E-state index contributed by atoms with van der Waals surface area (Å²) in [6.07, 6.45) is 0. The SMILES string of the molecule is COc1ccc2cc(C(=O)ON3C(=O)c4ccccc4C3=O)[nH]c2n1. The number of nitrogens with zero attached hydrogens (tertiary/aromatic N) is 2. The lowest BCUT2D eigenvalue weighted by Gasteiger charge is -2.11. The lowest BCUT2D eigenvalue weighted by atomic mass is 10.1. The average Bonchev–Trinajstić information content (AvgIpc) is 3.16. The van der Waals surface area contributed by atoms with Gasteiger partial charge in [-0.25, -0.2) is 4.79 Å². The van der Waals surface area contributed by atoms with Gasteiger partial charge in [-0.2, -0.15) is 4.98 Å². The molecule has 0 unspecified atom stereocenters. The number of imide groups is 1. The third-order valence-electron chi connectivity index (χ3n) is 3.81. The molecule has 2 aromatic heterocycles. The highest BCUT2D eigenvalue weighted by Gasteiger charge is 2.39. The second kappa shape index (κ2) is 5.45. The Morgan fingerprint density at radius 3 is 2.40 bits per heavy atom. The molecular formula is C17H11N3O5. The number of hydrogen-bond donors (Lipinski definition) is 1. The van der Waals surface area contributed by atoms with Crippen LogP contribution in [0.2, 0.25) is 0 Å². The minimum atomic E-state index is -0.869. The molecule has 1 aliphatic rings. The lowest BCUT2D eigenvalue weighted by Crippen LogP contribution is -2.32. The van der Waals surface area contributed by atoms with Crippen molar-refractivity contribution in [2.75, 3.05) is 7.11 Å². The Bertz CT molecular complexity index is 1000. The molecular weight excluding hydrogens is 326 g/mol. The zero-order chi connectivity index (χ0) is 17.6. The van der Waals surface area contributed by atoms with Crippen molar-refractivity contribution in [1.82, 2.24) is 15.0 Å². The smallest absolute Gasteiger partial charge is 0.380 e. The van der Waals surface area contributed by atoms with Gasteiger partial charge in [0.05, 0.1) is 18.2 Å². The molecule has 8 nitrogen and oxygen atoms in total. The number of ether oxygens (including phenoxy) is 1. The Morgan fingerprint density at radius 2 is 1.76 bits per heavy atom. The van der Waals surface area contributed by atoms with Crippen LogP contribution in [-0.4, -0.2) is 39.9 Å². The Hall–Kier alpha value is -3.68. The molecule has 0 fully saturated rings. The van der Waals surface area contributed by atoms with Crippen molar-refractivity contribution in [2.24, 2.45) is 0 Å². The van der Waals surface area contributed by atoms with Gasteiger partial charge in [0.1, 0.15) is 11.3 Å². The number of hydrogen-bond acceptors (Lipinski definition) is 6. The summed E-state index contributed by atoms with van der Waals surface area (Å²) in [6.45, 7) is 0. The van der Waals surface area contributed by atoms with Gasteiger partial charge in [-0.1, -0.05) is 17.2 Å². The standard InChI is InChI=1S/C17H11N3O5/c1-24-13-7-6-9-8-12(18-14(9)19-13)17(23)25-20-15(21)10-4-2-3-5-11(10)16(20)22/h2-8H,1H3,(H,18,19). The fourth-order valence-electron chi connectivity index (χ4n) is 2.59. The van der Waals surface area contributed by atoms with Gasteiger partial charge in [0, 0.05) is 11.5 Å². The Morgan fingerprint density at radius 1 is 1.08 bits per heavy atom. The summed E-state index contributed by atoms with van der Waals surface area (Å²) in [7, 11) is 1.48. The molecule has 25 heavy (non-hydrogen) atoms. The Labute approximate surface area is 140 Å². The molecule has 2 amide bonds. The summed E-state index contributed by atoms with van der Waals surface area (Å²) in [5.74, 6) is -1.84. The molecule has 0 radical (unpaired) electrons. The number of aromatic nitrogens is 2. The molecule has 3 heterocycles. The van der Waals surface area contributed by atoms with E-state index in [1.807, 2.05) is 0 Å². The minimum Gasteiger partial charge on any atom is -0.481 e. The molecule has 0 saturated carbocycles. The first-order chi connectivity index (χ1) is 12.1. The van der Waals surface area contributed by atoms with Crippen LogP contribution in [0, 0.1) is 0 Å². The van der Waals surface area contributed by atoms with Crippen LogP contribution in [0.1, 0.15) is 31.2 Å². The van der Waals surface area contributed by atoms with Gasteiger partial charge < -0.3 is 14.6 Å². The highest BCUT2D eigenvalue weighted by atomic mass is 16.7. The summed E-state index contributed by atoms with van der Waals surface area (Å²) in [5.41, 5.74) is 0.882. The lowest BCUT2D eigenvalue weighted by molar-refractivity contribution is -0.0587. The van der Waals surface area contributed by atoms with Crippen LogP contribution < -0.4 is 4.74 Å². The van der Waals surface area contributed by atoms with Crippen molar-refractivity contribution in [2.45, 2.75) is 0 Å². The van der Waals surface area contributed by atoms with Crippen molar-refractivity contribution >= 4 is 28.8 Å². The van der Waals surface area contributed by atoms with Crippen LogP contribution in [0.3, 0.4) is 0 Å². The molecule has 4 rings (SSSR count). The van der Waals surface area contributed by atoms with E-state index in [1.165, 1.54) is 25.3 Å². The fraction of sp³-hybridized carbons (Fsp3) is 0.0588. The highest BCUT2D eigenvalue weighted by molar-refractivity contribution is 6.21. The molecule has 1 N–H and O–H groups in total. The first-order valence-electron chi connectivity index (χ1n) is 7.32. The van der Waals surface area contributed by atoms with Gasteiger partial charge in [0.2, 0.25) is 5.88 Å². The highest BCUT2D eigenvalue weighted by Crippen LogP contribution is 2.24. The third kappa shape index (κ3) is 2.31. The third-order valence-corrected chi connectivity index (χ3v) is 3.81. The number of fused-ring (bicyclic) bond motifs is 2. The van der Waals surface area contributed by atoms with Gasteiger partial charge in [-0.05, 0) is 24.3 Å². The Balaban J connectivity index is 1.61. The van der Waals surface area contributed by atoms with Crippen molar-refractivity contribution < 1.29 is 24.0 Å². The van der Waals surface area contributed by atoms with Crippen LogP contribution in [0.25, 0.3) is 11.0 Å². The van der Waals surface area contributed by atoms with Crippen LogP contribution >= 0.6 is 0 Å². The summed E-state index contributed by atoms with van der Waals surface area (Å²) >= 11 is 0. The summed E-state index contributed by atoms with van der Waals surface area (Å²) in [4.78, 5) is 48.7. The van der Waals surface area contributed by atoms with Crippen LogP contribution in [0.4, 0.5) is 0 Å². The number of hydroxylamine groups is 2. The van der Waals surface area contributed by atoms with Crippen LogP contribution in [0.5, 0.6) is 5.88 Å². The fourth-order valence-corrected chi connectivity index (χ4v) is 2.59. The maximum absolute atomic E-state index is 12.3. The maximum atomic E-state index is 12.3. The number of carbonyl (C=O) groups excluding carboxylic acids is 3. The molecule has 0 bridgehead atoms. The predicted octanol–water partition coefficient (Wildman–Crippen LogP) is 1.94. The van der Waals surface area contributed by atoms with Gasteiger partial charge in [0.15, 0.2) is 0 Å². The number of H-pyrrole nitrogens is 1. The predicted molar refractivity (Wildman–Crippen MR) is 85.0 cm³/mol. The molecule has 8 heteroatoms. The number of nitrogens with one attached hydrogen (secondary N) is 1. The topological polar surface area (TPSA) is 102 Å². The van der Waals surface area contributed by atoms with Crippen LogP contribution in [-0.2, 0) is 4.84 Å². The van der Waals surface area contributed by atoms with Crippen LogP contribution in [0.15, 0.2) is 42.5 Å². The average molecular weight is 337 g/mol. The van der Waals surface area contributed by atoms with E-state index in [-0.39, 0.29) is 16.8 Å². The number of rotatable bonds is 3. The molecule has 1 aliphatic heterocycles. The number of benzene rings is 1. The van der Waals surface area contributed by atoms with E-state index < -0.39 is 17.8 Å².